The summed E-state index contributed by atoms with van der Waals surface area (Å²) in [4.78, 5) is 12.1. The van der Waals surface area contributed by atoms with Crippen molar-refractivity contribution in [3.05, 3.63) is 34.9 Å². The molecule has 0 saturated carbocycles. The maximum atomic E-state index is 12.1. The summed E-state index contributed by atoms with van der Waals surface area (Å²) in [5, 5.41) is 13.0. The van der Waals surface area contributed by atoms with Crippen molar-refractivity contribution >= 4 is 5.91 Å². The molecule has 3 nitrogen and oxygen atoms in total. The van der Waals surface area contributed by atoms with Gasteiger partial charge in [0.05, 0.1) is 5.60 Å². The molecule has 0 heterocycles. The highest BCUT2D eigenvalue weighted by molar-refractivity contribution is 5.95. The van der Waals surface area contributed by atoms with E-state index < -0.39 is 5.60 Å². The fourth-order valence-electron chi connectivity index (χ4n) is 1.84. The maximum absolute atomic E-state index is 12.1. The number of rotatable bonds is 5. The highest BCUT2D eigenvalue weighted by Crippen LogP contribution is 2.15. The largest absolute Gasteiger partial charge is 0.388 e. The lowest BCUT2D eigenvalue weighted by Crippen LogP contribution is -2.42. The highest BCUT2D eigenvalue weighted by atomic mass is 16.3. The molecule has 0 aliphatic carbocycles. The molecule has 1 rings (SSSR count). The van der Waals surface area contributed by atoms with Crippen molar-refractivity contribution in [1.82, 2.24) is 5.32 Å². The van der Waals surface area contributed by atoms with Crippen LogP contribution in [-0.2, 0) is 0 Å². The average molecular weight is 249 g/mol. The summed E-state index contributed by atoms with van der Waals surface area (Å²) < 4.78 is 0. The Morgan fingerprint density at radius 2 is 1.89 bits per heavy atom. The highest BCUT2D eigenvalue weighted by Gasteiger charge is 2.23. The predicted octanol–water partition coefficient (Wildman–Crippen LogP) is 2.58. The van der Waals surface area contributed by atoms with Crippen LogP contribution in [0.4, 0.5) is 0 Å². The third-order valence-corrected chi connectivity index (χ3v) is 3.74. The summed E-state index contributed by atoms with van der Waals surface area (Å²) in [5.74, 6) is -0.114. The number of carbonyl (C=O) groups excluding carboxylic acids is 1. The Bertz CT molecular complexity index is 423. The third kappa shape index (κ3) is 3.33. The molecule has 0 fully saturated rings. The minimum atomic E-state index is -0.798. The molecule has 0 bridgehead atoms. The van der Waals surface area contributed by atoms with Gasteiger partial charge >= 0.3 is 0 Å². The van der Waals surface area contributed by atoms with Crippen LogP contribution in [0.3, 0.4) is 0 Å². The second kappa shape index (κ2) is 6.01. The molecule has 0 aliphatic heterocycles. The third-order valence-electron chi connectivity index (χ3n) is 3.74. The molecule has 100 valence electrons. The van der Waals surface area contributed by atoms with Crippen LogP contribution >= 0.6 is 0 Å². The Morgan fingerprint density at radius 3 is 2.44 bits per heavy atom. The maximum Gasteiger partial charge on any atom is 0.251 e. The number of hydrogen-bond acceptors (Lipinski definition) is 2. The van der Waals surface area contributed by atoms with Crippen LogP contribution in [0.25, 0.3) is 0 Å². The van der Waals surface area contributed by atoms with Crippen molar-refractivity contribution in [2.45, 2.75) is 46.1 Å². The summed E-state index contributed by atoms with van der Waals surface area (Å²) in [5.41, 5.74) is 1.98. The summed E-state index contributed by atoms with van der Waals surface area (Å²) in [6.45, 7) is 8.07. The number of carbonyl (C=O) groups is 1. The van der Waals surface area contributed by atoms with Gasteiger partial charge in [-0.2, -0.15) is 0 Å². The van der Waals surface area contributed by atoms with Crippen LogP contribution in [0.15, 0.2) is 18.2 Å². The van der Waals surface area contributed by atoms with Gasteiger partial charge in [-0.05, 0) is 43.9 Å². The molecule has 1 aromatic carbocycles. The number of amides is 1. The van der Waals surface area contributed by atoms with Gasteiger partial charge in [0.15, 0.2) is 0 Å². The van der Waals surface area contributed by atoms with Crippen molar-refractivity contribution in [3.63, 3.8) is 0 Å². The van der Waals surface area contributed by atoms with E-state index in [4.69, 9.17) is 0 Å². The topological polar surface area (TPSA) is 49.3 Å². The number of aryl methyl sites for hydroxylation is 1. The molecule has 3 heteroatoms. The first-order chi connectivity index (χ1) is 8.43. The fourth-order valence-corrected chi connectivity index (χ4v) is 1.84. The van der Waals surface area contributed by atoms with E-state index >= 15 is 0 Å². The van der Waals surface area contributed by atoms with E-state index in [9.17, 15) is 9.90 Å². The molecule has 0 unspecified atom stereocenters. The second-order valence-corrected chi connectivity index (χ2v) is 4.86. The molecule has 0 atom stereocenters. The molecular weight excluding hydrogens is 226 g/mol. The summed E-state index contributed by atoms with van der Waals surface area (Å²) >= 11 is 0. The minimum Gasteiger partial charge on any atom is -0.388 e. The van der Waals surface area contributed by atoms with Crippen LogP contribution in [0.5, 0.6) is 0 Å². The normalized spacial score (nSPS) is 11.4. The van der Waals surface area contributed by atoms with Gasteiger partial charge < -0.3 is 10.4 Å². The predicted molar refractivity (Wildman–Crippen MR) is 73.8 cm³/mol. The average Bonchev–Trinajstić information content (AvgIpc) is 2.39. The summed E-state index contributed by atoms with van der Waals surface area (Å²) in [6, 6.07) is 5.68. The van der Waals surface area contributed by atoms with Gasteiger partial charge in [-0.25, -0.2) is 0 Å². The van der Waals surface area contributed by atoms with Gasteiger partial charge in [-0.15, -0.1) is 0 Å². The lowest BCUT2D eigenvalue weighted by Gasteiger charge is -2.25. The number of hydrogen-bond donors (Lipinski definition) is 2. The Labute approximate surface area is 109 Å². The van der Waals surface area contributed by atoms with Crippen molar-refractivity contribution in [3.8, 4) is 0 Å². The van der Waals surface area contributed by atoms with E-state index in [1.807, 2.05) is 45.9 Å². The van der Waals surface area contributed by atoms with Gasteiger partial charge in [0.25, 0.3) is 5.91 Å². The lowest BCUT2D eigenvalue weighted by atomic mass is 9.97. The standard InChI is InChI=1S/C15H23NO2/c1-5-15(18,6-2)10-16-14(17)13-9-7-8-11(3)12(13)4/h7-9,18H,5-6,10H2,1-4H3,(H,16,17). The van der Waals surface area contributed by atoms with Crippen LogP contribution in [0.1, 0.15) is 48.2 Å². The minimum absolute atomic E-state index is 0.114. The van der Waals surface area contributed by atoms with E-state index in [2.05, 4.69) is 5.32 Å². The van der Waals surface area contributed by atoms with E-state index in [0.29, 0.717) is 24.9 Å². The first kappa shape index (κ1) is 14.7. The Morgan fingerprint density at radius 1 is 1.28 bits per heavy atom. The Kier molecular flexibility index (Phi) is 4.91. The Hall–Kier alpha value is -1.35. The Balaban J connectivity index is 2.75. The first-order valence-corrected chi connectivity index (χ1v) is 6.50. The van der Waals surface area contributed by atoms with Crippen molar-refractivity contribution in [2.75, 3.05) is 6.54 Å². The van der Waals surface area contributed by atoms with E-state index in [-0.39, 0.29) is 5.91 Å². The summed E-state index contributed by atoms with van der Waals surface area (Å²) in [7, 11) is 0. The summed E-state index contributed by atoms with van der Waals surface area (Å²) in [6.07, 6.45) is 1.27. The van der Waals surface area contributed by atoms with Crippen LogP contribution in [0, 0.1) is 13.8 Å². The zero-order chi connectivity index (χ0) is 13.8. The molecule has 1 aromatic rings. The molecule has 0 spiro atoms. The fraction of sp³-hybridized carbons (Fsp3) is 0.533. The van der Waals surface area contributed by atoms with E-state index in [1.165, 1.54) is 0 Å². The van der Waals surface area contributed by atoms with Crippen molar-refractivity contribution in [2.24, 2.45) is 0 Å². The van der Waals surface area contributed by atoms with Gasteiger partial charge in [0, 0.05) is 12.1 Å². The smallest absolute Gasteiger partial charge is 0.251 e. The second-order valence-electron chi connectivity index (χ2n) is 4.86. The number of benzene rings is 1. The lowest BCUT2D eigenvalue weighted by molar-refractivity contribution is 0.0314. The van der Waals surface area contributed by atoms with Gasteiger partial charge in [0.1, 0.15) is 0 Å². The monoisotopic (exact) mass is 249 g/mol. The van der Waals surface area contributed by atoms with Gasteiger partial charge in [-0.1, -0.05) is 26.0 Å². The van der Waals surface area contributed by atoms with Crippen LogP contribution in [0.2, 0.25) is 0 Å². The van der Waals surface area contributed by atoms with Crippen molar-refractivity contribution in [1.29, 1.82) is 0 Å². The molecule has 0 saturated heterocycles. The van der Waals surface area contributed by atoms with Gasteiger partial charge in [0.2, 0.25) is 0 Å². The van der Waals surface area contributed by atoms with Crippen LogP contribution < -0.4 is 5.32 Å². The SMILES string of the molecule is CCC(O)(CC)CNC(=O)c1cccc(C)c1C. The van der Waals surface area contributed by atoms with E-state index in [0.717, 1.165) is 11.1 Å². The molecular formula is C15H23NO2. The molecule has 0 aromatic heterocycles. The van der Waals surface area contributed by atoms with Gasteiger partial charge in [-0.3, -0.25) is 4.79 Å². The van der Waals surface area contributed by atoms with E-state index in [1.54, 1.807) is 0 Å². The molecule has 2 N–H and O–H groups in total. The molecule has 18 heavy (non-hydrogen) atoms. The van der Waals surface area contributed by atoms with Crippen molar-refractivity contribution < 1.29 is 9.90 Å². The molecule has 0 aliphatic rings. The number of nitrogens with one attached hydrogen (secondary N) is 1. The first-order valence-electron chi connectivity index (χ1n) is 6.50. The molecule has 0 radical (unpaired) electrons. The zero-order valence-electron chi connectivity index (χ0n) is 11.7. The van der Waals surface area contributed by atoms with Crippen LogP contribution in [-0.4, -0.2) is 23.2 Å². The number of aliphatic hydroxyl groups is 1. The molecule has 1 amide bonds. The quantitative estimate of drug-likeness (QED) is 0.842. The zero-order valence-corrected chi connectivity index (χ0v) is 11.7.